The van der Waals surface area contributed by atoms with Gasteiger partial charge < -0.3 is 0 Å². The van der Waals surface area contributed by atoms with Crippen molar-refractivity contribution in [1.82, 2.24) is 5.32 Å². The van der Waals surface area contributed by atoms with Crippen LogP contribution in [0.5, 0.6) is 0 Å². The molecule has 3 nitrogen and oxygen atoms in total. The lowest BCUT2D eigenvalue weighted by atomic mass is 10.0. The third kappa shape index (κ3) is 1.72. The van der Waals surface area contributed by atoms with Crippen LogP contribution in [0, 0.1) is 0 Å². The topological polar surface area (TPSA) is 46.2 Å². The first-order chi connectivity index (χ1) is 7.20. The summed E-state index contributed by atoms with van der Waals surface area (Å²) in [7, 11) is 0. The Morgan fingerprint density at radius 1 is 1.27 bits per heavy atom. The van der Waals surface area contributed by atoms with Gasteiger partial charge in [0.15, 0.2) is 0 Å². The van der Waals surface area contributed by atoms with Crippen LogP contribution in [-0.2, 0) is 9.59 Å². The van der Waals surface area contributed by atoms with Gasteiger partial charge in [-0.2, -0.15) is 0 Å². The molecule has 0 bridgehead atoms. The molecule has 1 aliphatic rings. The number of amides is 2. The van der Waals surface area contributed by atoms with Crippen LogP contribution in [0.15, 0.2) is 36.9 Å². The maximum atomic E-state index is 11.4. The summed E-state index contributed by atoms with van der Waals surface area (Å²) in [5.74, 6) is -0.708. The molecule has 0 aromatic heterocycles. The Labute approximate surface area is 87.1 Å². The Morgan fingerprint density at radius 3 is 2.67 bits per heavy atom. The van der Waals surface area contributed by atoms with Crippen molar-refractivity contribution in [3.63, 3.8) is 0 Å². The fourth-order valence-corrected chi connectivity index (χ4v) is 1.46. The normalized spacial score (nSPS) is 14.8. The average Bonchev–Trinajstić information content (AvgIpc) is 2.58. The van der Waals surface area contributed by atoms with Crippen molar-refractivity contribution in [3.8, 4) is 0 Å². The fourth-order valence-electron chi connectivity index (χ4n) is 1.46. The van der Waals surface area contributed by atoms with Crippen LogP contribution in [0.2, 0.25) is 0 Å². The number of rotatable bonds is 2. The van der Waals surface area contributed by atoms with E-state index in [0.717, 1.165) is 11.1 Å². The molecule has 0 aliphatic carbocycles. The van der Waals surface area contributed by atoms with Crippen LogP contribution in [0.1, 0.15) is 11.1 Å². The molecule has 3 heteroatoms. The Bertz CT molecular complexity index is 486. The van der Waals surface area contributed by atoms with Crippen LogP contribution in [0.4, 0.5) is 0 Å². The first-order valence-corrected chi connectivity index (χ1v) is 4.50. The lowest BCUT2D eigenvalue weighted by Gasteiger charge is -2.01. The van der Waals surface area contributed by atoms with Gasteiger partial charge in [-0.25, -0.2) is 0 Å². The molecular weight excluding hydrogens is 190 g/mol. The van der Waals surface area contributed by atoms with Crippen molar-refractivity contribution in [2.45, 2.75) is 0 Å². The minimum Gasteiger partial charge on any atom is -0.289 e. The van der Waals surface area contributed by atoms with Gasteiger partial charge in [0.05, 0.1) is 5.57 Å². The van der Waals surface area contributed by atoms with E-state index in [1.165, 1.54) is 6.08 Å². The first-order valence-electron chi connectivity index (χ1n) is 4.50. The van der Waals surface area contributed by atoms with E-state index in [9.17, 15) is 9.59 Å². The fraction of sp³-hybridized carbons (Fsp3) is 0. The first kappa shape index (κ1) is 9.40. The highest BCUT2D eigenvalue weighted by molar-refractivity contribution is 6.33. The van der Waals surface area contributed by atoms with Gasteiger partial charge in [-0.15, -0.1) is 0 Å². The average molecular weight is 199 g/mol. The van der Waals surface area contributed by atoms with Gasteiger partial charge >= 0.3 is 0 Å². The van der Waals surface area contributed by atoms with E-state index in [-0.39, 0.29) is 11.8 Å². The van der Waals surface area contributed by atoms with Crippen LogP contribution >= 0.6 is 0 Å². The van der Waals surface area contributed by atoms with E-state index in [0.29, 0.717) is 5.57 Å². The molecular formula is C12H9NO2. The van der Waals surface area contributed by atoms with Crippen molar-refractivity contribution >= 4 is 23.5 Å². The van der Waals surface area contributed by atoms with Crippen LogP contribution in [-0.4, -0.2) is 11.8 Å². The minimum atomic E-state index is -0.362. The Morgan fingerprint density at radius 2 is 2.07 bits per heavy atom. The van der Waals surface area contributed by atoms with E-state index < -0.39 is 0 Å². The number of hydrogen-bond acceptors (Lipinski definition) is 2. The summed E-state index contributed by atoms with van der Waals surface area (Å²) in [5.41, 5.74) is 2.06. The zero-order valence-corrected chi connectivity index (χ0v) is 7.99. The van der Waals surface area contributed by atoms with Gasteiger partial charge in [-0.05, 0) is 17.2 Å². The van der Waals surface area contributed by atoms with Crippen molar-refractivity contribution in [2.75, 3.05) is 0 Å². The second-order valence-electron chi connectivity index (χ2n) is 3.21. The quantitative estimate of drug-likeness (QED) is 0.731. The summed E-state index contributed by atoms with van der Waals surface area (Å²) in [6.07, 6.45) is 3.00. The zero-order valence-electron chi connectivity index (χ0n) is 7.99. The number of hydrogen-bond donors (Lipinski definition) is 1. The van der Waals surface area contributed by atoms with E-state index in [4.69, 9.17) is 0 Å². The molecule has 1 aromatic rings. The van der Waals surface area contributed by atoms with Gasteiger partial charge in [0.1, 0.15) is 0 Å². The minimum absolute atomic E-state index is 0.346. The molecule has 0 saturated heterocycles. The highest BCUT2D eigenvalue weighted by Crippen LogP contribution is 2.19. The molecule has 1 aliphatic heterocycles. The number of imide groups is 1. The highest BCUT2D eigenvalue weighted by atomic mass is 16.2. The SMILES string of the molecule is C=Cc1cccc(C2=CC(=O)NC2=O)c1. The second kappa shape index (κ2) is 3.53. The molecule has 0 saturated carbocycles. The lowest BCUT2D eigenvalue weighted by Crippen LogP contribution is -2.21. The summed E-state index contributed by atoms with van der Waals surface area (Å²) in [6.45, 7) is 3.65. The van der Waals surface area contributed by atoms with Crippen LogP contribution in [0.3, 0.4) is 0 Å². The molecule has 0 fully saturated rings. The number of carbonyl (C=O) groups is 2. The summed E-state index contributed by atoms with van der Waals surface area (Å²) >= 11 is 0. The van der Waals surface area contributed by atoms with Gasteiger partial charge in [-0.3, -0.25) is 14.9 Å². The summed E-state index contributed by atoms with van der Waals surface area (Å²) in [6, 6.07) is 7.31. The van der Waals surface area contributed by atoms with Gasteiger partial charge in [-0.1, -0.05) is 30.9 Å². The Hall–Kier alpha value is -2.16. The van der Waals surface area contributed by atoms with E-state index >= 15 is 0 Å². The Kier molecular flexibility index (Phi) is 2.21. The predicted octanol–water partition coefficient (Wildman–Crippen LogP) is 1.37. The number of carbonyl (C=O) groups excluding carboxylic acids is 2. The monoisotopic (exact) mass is 199 g/mol. The molecule has 2 rings (SSSR count). The molecule has 1 heterocycles. The van der Waals surface area contributed by atoms with Gasteiger partial charge in [0, 0.05) is 6.08 Å². The maximum absolute atomic E-state index is 11.4. The van der Waals surface area contributed by atoms with Crippen molar-refractivity contribution < 1.29 is 9.59 Å². The third-order valence-corrected chi connectivity index (χ3v) is 2.19. The van der Waals surface area contributed by atoms with Crippen molar-refractivity contribution in [2.24, 2.45) is 0 Å². The number of benzene rings is 1. The molecule has 0 unspecified atom stereocenters. The largest absolute Gasteiger partial charge is 0.289 e. The lowest BCUT2D eigenvalue weighted by molar-refractivity contribution is -0.123. The standard InChI is InChI=1S/C12H9NO2/c1-2-8-4-3-5-9(6-8)10-7-11(14)13-12(10)15/h2-7H,1H2,(H,13,14,15). The molecule has 74 valence electrons. The number of nitrogens with one attached hydrogen (secondary N) is 1. The smallest absolute Gasteiger partial charge is 0.258 e. The van der Waals surface area contributed by atoms with Crippen molar-refractivity contribution in [1.29, 1.82) is 0 Å². The summed E-state index contributed by atoms with van der Waals surface area (Å²) < 4.78 is 0. The van der Waals surface area contributed by atoms with Crippen LogP contribution < -0.4 is 5.32 Å². The maximum Gasteiger partial charge on any atom is 0.258 e. The predicted molar refractivity (Wildman–Crippen MR) is 57.7 cm³/mol. The second-order valence-corrected chi connectivity index (χ2v) is 3.21. The summed E-state index contributed by atoms with van der Waals surface area (Å²) in [4.78, 5) is 22.3. The molecule has 2 amide bonds. The summed E-state index contributed by atoms with van der Waals surface area (Å²) in [5, 5.41) is 2.21. The third-order valence-electron chi connectivity index (χ3n) is 2.19. The molecule has 0 spiro atoms. The van der Waals surface area contributed by atoms with E-state index in [2.05, 4.69) is 11.9 Å². The van der Waals surface area contributed by atoms with E-state index in [1.807, 2.05) is 18.2 Å². The molecule has 1 aromatic carbocycles. The highest BCUT2D eigenvalue weighted by Gasteiger charge is 2.21. The molecule has 1 N–H and O–H groups in total. The van der Waals surface area contributed by atoms with E-state index in [1.54, 1.807) is 12.1 Å². The Balaban J connectivity index is 2.45. The zero-order chi connectivity index (χ0) is 10.8. The molecule has 0 radical (unpaired) electrons. The van der Waals surface area contributed by atoms with Crippen molar-refractivity contribution in [3.05, 3.63) is 48.0 Å². The van der Waals surface area contributed by atoms with Gasteiger partial charge in [0.2, 0.25) is 0 Å². The van der Waals surface area contributed by atoms with Gasteiger partial charge in [0.25, 0.3) is 11.8 Å². The molecule has 15 heavy (non-hydrogen) atoms. The van der Waals surface area contributed by atoms with Crippen LogP contribution in [0.25, 0.3) is 11.6 Å². The molecule has 0 atom stereocenters.